The first kappa shape index (κ1) is 23.2. The fourth-order valence-electron chi connectivity index (χ4n) is 6.15. The number of amides is 2. The molecule has 2 saturated heterocycles. The summed E-state index contributed by atoms with van der Waals surface area (Å²) in [6.45, 7) is 0.622. The second-order valence-electron chi connectivity index (χ2n) is 9.84. The van der Waals surface area contributed by atoms with Gasteiger partial charge in [-0.25, -0.2) is 0 Å². The molecule has 3 fully saturated rings. The van der Waals surface area contributed by atoms with E-state index >= 15 is 0 Å². The van der Waals surface area contributed by atoms with Gasteiger partial charge in [-0.15, -0.1) is 5.53 Å². The predicted octanol–water partition coefficient (Wildman–Crippen LogP) is 2.41. The Kier molecular flexibility index (Phi) is 5.23. The van der Waals surface area contributed by atoms with E-state index in [1.54, 1.807) is 17.0 Å². The molecule has 4 aliphatic rings. The molecule has 1 aromatic carbocycles. The molecule has 2 aromatic rings. The van der Waals surface area contributed by atoms with Crippen LogP contribution in [0, 0.1) is 23.7 Å². The number of hydrogen-bond donors (Lipinski definition) is 3. The number of aromatic nitrogens is 1. The smallest absolute Gasteiger partial charge is 0.338 e. The van der Waals surface area contributed by atoms with Gasteiger partial charge in [0, 0.05) is 37.9 Å². The lowest BCUT2D eigenvalue weighted by Crippen LogP contribution is -2.44. The second-order valence-corrected chi connectivity index (χ2v) is 10.2. The molecule has 1 aliphatic carbocycles. The van der Waals surface area contributed by atoms with E-state index in [0.29, 0.717) is 36.3 Å². The molecule has 4 heterocycles. The molecule has 4 atom stereocenters. The largest absolute Gasteiger partial charge is 0.406 e. The quantitative estimate of drug-likeness (QED) is 0.573. The Morgan fingerprint density at radius 2 is 1.44 bits per heavy atom. The van der Waals surface area contributed by atoms with Gasteiger partial charge < -0.3 is 25.2 Å². The number of fused-ring (bicyclic) bond motifs is 5. The number of rotatable bonds is 3. The van der Waals surface area contributed by atoms with Crippen molar-refractivity contribution in [1.29, 1.82) is 0 Å². The molecular weight excluding hydrogens is 501 g/mol. The molecule has 3 N–H and O–H groups in total. The molecule has 1 saturated carbocycles. The third-order valence-corrected chi connectivity index (χ3v) is 8.07. The number of pyridine rings is 1. The summed E-state index contributed by atoms with van der Waals surface area (Å²) in [7, 11) is 0. The number of nitrogens with zero attached hydrogens (tertiary/aromatic N) is 3. The highest BCUT2D eigenvalue weighted by Gasteiger charge is 2.59. The third-order valence-electron chi connectivity index (χ3n) is 7.80. The van der Waals surface area contributed by atoms with Crippen LogP contribution in [0.4, 0.5) is 24.5 Å². The van der Waals surface area contributed by atoms with Crippen LogP contribution in [-0.4, -0.2) is 58.5 Å². The number of hydrazine groups is 2. The van der Waals surface area contributed by atoms with Crippen molar-refractivity contribution in [2.45, 2.75) is 12.7 Å². The van der Waals surface area contributed by atoms with Crippen LogP contribution in [0.2, 0.25) is 5.02 Å². The summed E-state index contributed by atoms with van der Waals surface area (Å²) in [4.78, 5) is 41.7. The van der Waals surface area contributed by atoms with Crippen LogP contribution in [-0.2, 0) is 6.54 Å². The van der Waals surface area contributed by atoms with Gasteiger partial charge in [-0.2, -0.15) is 13.2 Å². The summed E-state index contributed by atoms with van der Waals surface area (Å²) in [6.07, 6.45) is -3.69. The summed E-state index contributed by atoms with van der Waals surface area (Å²) in [5, 5.41) is -0.424. The number of alkyl halides is 3. The number of likely N-dealkylation sites (tertiary alicyclic amines) is 2. The highest BCUT2D eigenvalue weighted by atomic mass is 35.5. The Hall–Kier alpha value is -3.25. The zero-order valence-corrected chi connectivity index (χ0v) is 19.6. The van der Waals surface area contributed by atoms with E-state index in [0.717, 1.165) is 23.6 Å². The SMILES string of the molecule is O=C(c1cc(Cl)c(=O)n(CC(F)(F)F)c1)N1CC2C(C1)[C@@H]1CN(C(=O)c3ccc4c(c3)NNN4)C[C@H]21. The molecule has 13 heteroatoms. The van der Waals surface area contributed by atoms with Crippen molar-refractivity contribution in [1.82, 2.24) is 19.9 Å². The molecule has 6 rings (SSSR count). The normalized spacial score (nSPS) is 26.0. The van der Waals surface area contributed by atoms with Crippen molar-refractivity contribution >= 4 is 34.8 Å². The van der Waals surface area contributed by atoms with Crippen molar-refractivity contribution < 1.29 is 22.8 Å². The molecular formula is C23H22ClF3N6O3. The van der Waals surface area contributed by atoms with Gasteiger partial charge in [0.1, 0.15) is 11.6 Å². The number of halogens is 4. The maximum Gasteiger partial charge on any atom is 0.406 e. The first-order valence-corrected chi connectivity index (χ1v) is 11.9. The van der Waals surface area contributed by atoms with Crippen molar-refractivity contribution in [3.63, 3.8) is 0 Å². The number of nitrogens with one attached hydrogen (secondary N) is 3. The topological polar surface area (TPSA) is 98.7 Å². The van der Waals surface area contributed by atoms with Gasteiger partial charge in [0.15, 0.2) is 0 Å². The van der Waals surface area contributed by atoms with E-state index in [-0.39, 0.29) is 35.1 Å². The Bertz CT molecular complexity index is 1310. The summed E-state index contributed by atoms with van der Waals surface area (Å²) in [5.41, 5.74) is 9.91. The molecule has 2 amide bonds. The van der Waals surface area contributed by atoms with Crippen LogP contribution in [0.5, 0.6) is 0 Å². The standard InChI is InChI=1S/C23H22ClF3N6O3/c24-17-3-12(5-33(22(17)36)10-23(25,26)27)21(35)32-8-15-13-6-31(7-14(13)16(15)9-32)20(34)11-1-2-18-19(4-11)29-30-28-18/h1-5,13-16,28-30H,6-10H2/t13-,14+,15?,16?. The van der Waals surface area contributed by atoms with Gasteiger partial charge in [-0.1, -0.05) is 11.6 Å². The molecule has 0 bridgehead atoms. The van der Waals surface area contributed by atoms with E-state index in [4.69, 9.17) is 11.6 Å². The highest BCUT2D eigenvalue weighted by Crippen LogP contribution is 2.54. The van der Waals surface area contributed by atoms with Crippen molar-refractivity contribution in [2.75, 3.05) is 37.0 Å². The lowest BCUT2D eigenvalue weighted by Gasteiger charge is -2.42. The molecule has 0 radical (unpaired) electrons. The number of carbonyl (C=O) groups is 2. The zero-order valence-electron chi connectivity index (χ0n) is 18.8. The van der Waals surface area contributed by atoms with Gasteiger partial charge in [0.05, 0.1) is 16.9 Å². The predicted molar refractivity (Wildman–Crippen MR) is 124 cm³/mol. The monoisotopic (exact) mass is 522 g/mol. The van der Waals surface area contributed by atoms with Crippen molar-refractivity contribution in [3.05, 3.63) is 57.0 Å². The Morgan fingerprint density at radius 3 is 2.03 bits per heavy atom. The number of benzene rings is 1. The van der Waals surface area contributed by atoms with Crippen LogP contribution < -0.4 is 21.9 Å². The van der Waals surface area contributed by atoms with E-state index in [9.17, 15) is 27.6 Å². The van der Waals surface area contributed by atoms with Crippen molar-refractivity contribution in [2.24, 2.45) is 23.7 Å². The van der Waals surface area contributed by atoms with Crippen LogP contribution in [0.15, 0.2) is 35.3 Å². The van der Waals surface area contributed by atoms with Gasteiger partial charge in [-0.05, 0) is 47.9 Å². The molecule has 3 aliphatic heterocycles. The Labute approximate surface area is 208 Å². The first-order valence-electron chi connectivity index (χ1n) is 11.6. The van der Waals surface area contributed by atoms with E-state index in [2.05, 4.69) is 16.4 Å². The summed E-state index contributed by atoms with van der Waals surface area (Å²) in [5.74, 6) is 0.521. The first-order chi connectivity index (χ1) is 17.1. The van der Waals surface area contributed by atoms with Crippen LogP contribution in [0.25, 0.3) is 0 Å². The Morgan fingerprint density at radius 1 is 0.889 bits per heavy atom. The summed E-state index contributed by atoms with van der Waals surface area (Å²) >= 11 is 5.85. The highest BCUT2D eigenvalue weighted by molar-refractivity contribution is 6.30. The van der Waals surface area contributed by atoms with Crippen LogP contribution in [0.1, 0.15) is 20.7 Å². The maximum absolute atomic E-state index is 13.1. The number of hydrogen-bond acceptors (Lipinski definition) is 6. The zero-order chi connectivity index (χ0) is 25.4. The van der Waals surface area contributed by atoms with Crippen LogP contribution >= 0.6 is 11.6 Å². The lowest BCUT2D eigenvalue weighted by atomic mass is 9.60. The van der Waals surface area contributed by atoms with Gasteiger partial charge in [0.2, 0.25) is 0 Å². The molecule has 1 aromatic heterocycles. The van der Waals surface area contributed by atoms with E-state index in [1.165, 1.54) is 0 Å². The number of carbonyl (C=O) groups excluding carboxylic acids is 2. The van der Waals surface area contributed by atoms with Crippen molar-refractivity contribution in [3.8, 4) is 0 Å². The van der Waals surface area contributed by atoms with Gasteiger partial charge in [-0.3, -0.25) is 14.4 Å². The van der Waals surface area contributed by atoms with Gasteiger partial charge >= 0.3 is 6.18 Å². The van der Waals surface area contributed by atoms with Crippen LogP contribution in [0.3, 0.4) is 0 Å². The summed E-state index contributed by atoms with van der Waals surface area (Å²) in [6, 6.07) is 6.56. The maximum atomic E-state index is 13.1. The minimum absolute atomic E-state index is 0.0338. The lowest BCUT2D eigenvalue weighted by molar-refractivity contribution is -0.141. The third kappa shape index (κ3) is 3.79. The molecule has 36 heavy (non-hydrogen) atoms. The fourth-order valence-corrected chi connectivity index (χ4v) is 6.38. The summed E-state index contributed by atoms with van der Waals surface area (Å²) < 4.78 is 39.0. The molecule has 0 spiro atoms. The molecule has 190 valence electrons. The second kappa shape index (κ2) is 8.13. The van der Waals surface area contributed by atoms with E-state index in [1.807, 2.05) is 11.0 Å². The molecule has 2 unspecified atom stereocenters. The fraction of sp³-hybridized carbons (Fsp3) is 0.435. The van der Waals surface area contributed by atoms with E-state index < -0.39 is 29.2 Å². The minimum Gasteiger partial charge on any atom is -0.338 e. The average Bonchev–Trinajstić information content (AvgIpc) is 3.53. The van der Waals surface area contributed by atoms with Gasteiger partial charge in [0.25, 0.3) is 17.4 Å². The average molecular weight is 523 g/mol. The minimum atomic E-state index is -4.62. The number of anilines is 2. The molecule has 9 nitrogen and oxygen atoms in total. The Balaban J connectivity index is 1.13.